The normalized spacial score (nSPS) is 10.3. The quantitative estimate of drug-likeness (QED) is 0.540. The van der Waals surface area contributed by atoms with Crippen LogP contribution in [0.15, 0.2) is 18.5 Å². The summed E-state index contributed by atoms with van der Waals surface area (Å²) in [6.45, 7) is 6.26. The maximum atomic E-state index is 12.0. The SMILES string of the molecule is CCCOc1cncc(C(C(=O)OCC)C(=O)OCC)c1. The van der Waals surface area contributed by atoms with E-state index in [-0.39, 0.29) is 13.2 Å². The molecule has 0 amide bonds. The Morgan fingerprint density at radius 1 is 1.10 bits per heavy atom. The van der Waals surface area contributed by atoms with Crippen LogP contribution >= 0.6 is 0 Å². The minimum absolute atomic E-state index is 0.189. The first-order valence-electron chi connectivity index (χ1n) is 7.05. The molecule has 0 spiro atoms. The van der Waals surface area contributed by atoms with Crippen LogP contribution < -0.4 is 4.74 Å². The van der Waals surface area contributed by atoms with Crippen molar-refractivity contribution in [3.8, 4) is 5.75 Å². The van der Waals surface area contributed by atoms with Crippen molar-refractivity contribution in [1.82, 2.24) is 4.98 Å². The van der Waals surface area contributed by atoms with Gasteiger partial charge in [-0.25, -0.2) is 0 Å². The van der Waals surface area contributed by atoms with E-state index in [0.717, 1.165) is 6.42 Å². The first-order chi connectivity index (χ1) is 10.1. The molecule has 0 aliphatic rings. The average molecular weight is 295 g/mol. The molecule has 0 saturated heterocycles. The average Bonchev–Trinajstić information content (AvgIpc) is 2.46. The summed E-state index contributed by atoms with van der Waals surface area (Å²) in [5.74, 6) is -1.92. The van der Waals surface area contributed by atoms with Crippen molar-refractivity contribution in [2.75, 3.05) is 19.8 Å². The van der Waals surface area contributed by atoms with Crippen LogP contribution in [0.5, 0.6) is 5.75 Å². The third-order valence-electron chi connectivity index (χ3n) is 2.59. The van der Waals surface area contributed by atoms with E-state index in [0.29, 0.717) is 17.9 Å². The fraction of sp³-hybridized carbons (Fsp3) is 0.533. The summed E-state index contributed by atoms with van der Waals surface area (Å²) in [6.07, 6.45) is 3.83. The van der Waals surface area contributed by atoms with Gasteiger partial charge in [-0.3, -0.25) is 14.6 Å². The van der Waals surface area contributed by atoms with Crippen LogP contribution in [0, 0.1) is 0 Å². The lowest BCUT2D eigenvalue weighted by Gasteiger charge is -2.15. The Bertz CT molecular complexity index is 457. The van der Waals surface area contributed by atoms with E-state index in [4.69, 9.17) is 14.2 Å². The van der Waals surface area contributed by atoms with Crippen LogP contribution in [-0.2, 0) is 19.1 Å². The Hall–Kier alpha value is -2.11. The number of carbonyl (C=O) groups excluding carboxylic acids is 2. The van der Waals surface area contributed by atoms with Gasteiger partial charge in [-0.1, -0.05) is 6.92 Å². The van der Waals surface area contributed by atoms with E-state index in [9.17, 15) is 9.59 Å². The number of hydrogen-bond acceptors (Lipinski definition) is 6. The van der Waals surface area contributed by atoms with Crippen LogP contribution in [0.3, 0.4) is 0 Å². The van der Waals surface area contributed by atoms with Crippen molar-refractivity contribution < 1.29 is 23.8 Å². The van der Waals surface area contributed by atoms with E-state index < -0.39 is 17.9 Å². The summed E-state index contributed by atoms with van der Waals surface area (Å²) in [4.78, 5) is 28.0. The Morgan fingerprint density at radius 3 is 2.24 bits per heavy atom. The number of aromatic nitrogens is 1. The molecule has 6 nitrogen and oxygen atoms in total. The zero-order valence-corrected chi connectivity index (χ0v) is 12.6. The molecular formula is C15H21NO5. The highest BCUT2D eigenvalue weighted by Crippen LogP contribution is 2.22. The largest absolute Gasteiger partial charge is 0.492 e. The molecule has 21 heavy (non-hydrogen) atoms. The highest BCUT2D eigenvalue weighted by Gasteiger charge is 2.32. The van der Waals surface area contributed by atoms with E-state index >= 15 is 0 Å². The van der Waals surface area contributed by atoms with E-state index in [1.807, 2.05) is 6.92 Å². The summed E-state index contributed by atoms with van der Waals surface area (Å²) in [6, 6.07) is 1.61. The van der Waals surface area contributed by atoms with Crippen LogP contribution in [0.4, 0.5) is 0 Å². The fourth-order valence-corrected chi connectivity index (χ4v) is 1.71. The maximum Gasteiger partial charge on any atom is 0.324 e. The molecule has 0 aliphatic heterocycles. The lowest BCUT2D eigenvalue weighted by atomic mass is 10.0. The minimum atomic E-state index is -1.14. The lowest BCUT2D eigenvalue weighted by molar-refractivity contribution is -0.156. The lowest BCUT2D eigenvalue weighted by Crippen LogP contribution is -2.26. The molecule has 116 valence electrons. The first kappa shape index (κ1) is 16.9. The summed E-state index contributed by atoms with van der Waals surface area (Å²) < 4.78 is 15.3. The van der Waals surface area contributed by atoms with Gasteiger partial charge in [0.15, 0.2) is 5.92 Å². The second kappa shape index (κ2) is 8.94. The van der Waals surface area contributed by atoms with Crippen LogP contribution in [0.2, 0.25) is 0 Å². The van der Waals surface area contributed by atoms with Crippen LogP contribution in [0.1, 0.15) is 38.7 Å². The minimum Gasteiger partial charge on any atom is -0.492 e. The molecule has 0 aliphatic carbocycles. The zero-order chi connectivity index (χ0) is 15.7. The van der Waals surface area contributed by atoms with E-state index in [1.165, 1.54) is 12.4 Å². The van der Waals surface area contributed by atoms with Gasteiger partial charge in [-0.15, -0.1) is 0 Å². The van der Waals surface area contributed by atoms with Gasteiger partial charge in [-0.05, 0) is 31.9 Å². The molecule has 0 unspecified atom stereocenters. The van der Waals surface area contributed by atoms with E-state index in [2.05, 4.69) is 4.98 Å². The Balaban J connectivity index is 3.01. The first-order valence-corrected chi connectivity index (χ1v) is 7.05. The van der Waals surface area contributed by atoms with Gasteiger partial charge in [0, 0.05) is 6.20 Å². The molecule has 0 fully saturated rings. The molecule has 1 heterocycles. The summed E-state index contributed by atoms with van der Waals surface area (Å²) in [5.41, 5.74) is 0.403. The number of carbonyl (C=O) groups is 2. The van der Waals surface area contributed by atoms with Crippen LogP contribution in [-0.4, -0.2) is 36.7 Å². The summed E-state index contributed by atoms with van der Waals surface area (Å²) >= 11 is 0. The predicted octanol–water partition coefficient (Wildman–Crippen LogP) is 2.08. The molecule has 0 N–H and O–H groups in total. The van der Waals surface area contributed by atoms with Crippen molar-refractivity contribution in [1.29, 1.82) is 0 Å². The molecule has 0 radical (unpaired) electrons. The number of ether oxygens (including phenoxy) is 3. The predicted molar refractivity (Wildman–Crippen MR) is 76.0 cm³/mol. The highest BCUT2D eigenvalue weighted by atomic mass is 16.6. The Kier molecular flexibility index (Phi) is 7.21. The van der Waals surface area contributed by atoms with Gasteiger partial charge in [0.2, 0.25) is 0 Å². The number of pyridine rings is 1. The zero-order valence-electron chi connectivity index (χ0n) is 12.6. The molecule has 1 aromatic rings. The van der Waals surface area contributed by atoms with Crippen molar-refractivity contribution in [3.63, 3.8) is 0 Å². The second-order valence-electron chi connectivity index (χ2n) is 4.24. The molecule has 1 rings (SSSR count). The molecular weight excluding hydrogens is 274 g/mol. The third-order valence-corrected chi connectivity index (χ3v) is 2.59. The number of hydrogen-bond donors (Lipinski definition) is 0. The molecule has 0 aromatic carbocycles. The second-order valence-corrected chi connectivity index (χ2v) is 4.24. The molecule has 1 aromatic heterocycles. The van der Waals surface area contributed by atoms with Gasteiger partial charge in [0.05, 0.1) is 26.0 Å². The summed E-state index contributed by atoms with van der Waals surface area (Å²) in [7, 11) is 0. The number of nitrogens with zero attached hydrogens (tertiary/aromatic N) is 1. The van der Waals surface area contributed by atoms with Gasteiger partial charge < -0.3 is 14.2 Å². The van der Waals surface area contributed by atoms with Crippen molar-refractivity contribution in [3.05, 3.63) is 24.0 Å². The highest BCUT2D eigenvalue weighted by molar-refractivity contribution is 6.00. The van der Waals surface area contributed by atoms with Crippen LogP contribution in [0.25, 0.3) is 0 Å². The topological polar surface area (TPSA) is 74.7 Å². The van der Waals surface area contributed by atoms with Crippen molar-refractivity contribution in [2.24, 2.45) is 0 Å². The number of esters is 2. The smallest absolute Gasteiger partial charge is 0.324 e. The Labute approximate surface area is 124 Å². The Morgan fingerprint density at radius 2 is 1.71 bits per heavy atom. The number of rotatable bonds is 8. The molecule has 0 bridgehead atoms. The van der Waals surface area contributed by atoms with E-state index in [1.54, 1.807) is 19.9 Å². The fourth-order valence-electron chi connectivity index (χ4n) is 1.71. The molecule has 0 saturated carbocycles. The maximum absolute atomic E-state index is 12.0. The van der Waals surface area contributed by atoms with Crippen molar-refractivity contribution in [2.45, 2.75) is 33.1 Å². The van der Waals surface area contributed by atoms with Gasteiger partial charge in [0.1, 0.15) is 5.75 Å². The monoisotopic (exact) mass is 295 g/mol. The molecule has 6 heteroatoms. The molecule has 0 atom stereocenters. The van der Waals surface area contributed by atoms with Gasteiger partial charge in [0.25, 0.3) is 0 Å². The van der Waals surface area contributed by atoms with Gasteiger partial charge in [-0.2, -0.15) is 0 Å². The van der Waals surface area contributed by atoms with Gasteiger partial charge >= 0.3 is 11.9 Å². The summed E-state index contributed by atoms with van der Waals surface area (Å²) in [5, 5.41) is 0. The standard InChI is InChI=1S/C15H21NO5/c1-4-7-21-12-8-11(9-16-10-12)13(14(17)19-5-2)15(18)20-6-3/h8-10,13H,4-7H2,1-3H3. The third kappa shape index (κ3) is 5.06. The van der Waals surface area contributed by atoms with Crippen molar-refractivity contribution >= 4 is 11.9 Å².